The van der Waals surface area contributed by atoms with Crippen molar-refractivity contribution in [1.29, 1.82) is 0 Å². The van der Waals surface area contributed by atoms with Crippen molar-refractivity contribution in [3.8, 4) is 17.0 Å². The van der Waals surface area contributed by atoms with Gasteiger partial charge in [0.1, 0.15) is 5.75 Å². The van der Waals surface area contributed by atoms with Crippen LogP contribution in [0, 0.1) is 0 Å². The Labute approximate surface area is 144 Å². The van der Waals surface area contributed by atoms with Crippen LogP contribution in [0.1, 0.15) is 5.56 Å². The van der Waals surface area contributed by atoms with E-state index in [2.05, 4.69) is 42.9 Å². The monoisotopic (exact) mass is 371 g/mol. The van der Waals surface area contributed by atoms with E-state index in [4.69, 9.17) is 4.74 Å². The van der Waals surface area contributed by atoms with E-state index in [1.54, 1.807) is 7.11 Å². The molecule has 0 amide bonds. The van der Waals surface area contributed by atoms with Crippen molar-refractivity contribution in [2.75, 3.05) is 12.4 Å². The van der Waals surface area contributed by atoms with Crippen molar-refractivity contribution < 1.29 is 4.74 Å². The molecular weight excluding hydrogens is 354 g/mol. The molecule has 4 nitrogen and oxygen atoms in total. The van der Waals surface area contributed by atoms with E-state index in [9.17, 15) is 0 Å². The number of ether oxygens (including phenoxy) is 1. The highest BCUT2D eigenvalue weighted by Gasteiger charge is 2.08. The highest BCUT2D eigenvalue weighted by molar-refractivity contribution is 9.10. The summed E-state index contributed by atoms with van der Waals surface area (Å²) in [6.07, 6.45) is 1.88. The topological polar surface area (TPSA) is 39.1 Å². The van der Waals surface area contributed by atoms with Gasteiger partial charge in [-0.3, -0.25) is 0 Å². The third kappa shape index (κ3) is 3.56. The smallest absolute Gasteiger partial charge is 0.203 e. The lowest BCUT2D eigenvalue weighted by atomic mass is 10.1. The number of halogens is 1. The molecule has 0 unspecified atom stereocenters. The van der Waals surface area contributed by atoms with E-state index in [1.165, 1.54) is 5.56 Å². The van der Waals surface area contributed by atoms with Gasteiger partial charge >= 0.3 is 0 Å². The molecule has 1 heterocycles. The largest absolute Gasteiger partial charge is 0.497 e. The maximum absolute atomic E-state index is 5.20. The van der Waals surface area contributed by atoms with Gasteiger partial charge in [0.2, 0.25) is 5.95 Å². The van der Waals surface area contributed by atoms with Crippen molar-refractivity contribution in [3.63, 3.8) is 0 Å². The van der Waals surface area contributed by atoms with E-state index in [0.29, 0.717) is 0 Å². The van der Waals surface area contributed by atoms with Crippen LogP contribution in [-0.4, -0.2) is 16.7 Å². The first-order chi connectivity index (χ1) is 11.2. The first-order valence-corrected chi connectivity index (χ1v) is 8.11. The second-order valence-electron chi connectivity index (χ2n) is 5.24. The number of methoxy groups -OCH3 is 1. The Balaban J connectivity index is 1.76. The van der Waals surface area contributed by atoms with Crippen LogP contribution in [0.25, 0.3) is 11.3 Å². The maximum Gasteiger partial charge on any atom is 0.203 e. The number of hydrogen-bond acceptors (Lipinski definition) is 3. The highest BCUT2D eigenvalue weighted by atomic mass is 79.9. The molecule has 1 aromatic heterocycles. The fraction of sp³-hybridized carbons (Fsp3) is 0.167. The predicted octanol–water partition coefficient (Wildman–Crippen LogP) is 4.47. The van der Waals surface area contributed by atoms with E-state index in [0.717, 1.165) is 34.0 Å². The van der Waals surface area contributed by atoms with Gasteiger partial charge in [-0.1, -0.05) is 28.1 Å². The van der Waals surface area contributed by atoms with Crippen LogP contribution in [0.4, 0.5) is 5.95 Å². The minimum absolute atomic E-state index is 0.729. The molecule has 1 N–H and O–H groups in total. The summed E-state index contributed by atoms with van der Waals surface area (Å²) in [7, 11) is 3.68. The van der Waals surface area contributed by atoms with E-state index >= 15 is 0 Å². The Hall–Kier alpha value is -2.27. The molecule has 0 bridgehead atoms. The summed E-state index contributed by atoms with van der Waals surface area (Å²) in [5.41, 5.74) is 3.37. The number of aromatic nitrogens is 2. The zero-order valence-electron chi connectivity index (χ0n) is 13.1. The molecule has 0 saturated heterocycles. The Kier molecular flexibility index (Phi) is 4.67. The molecule has 0 atom stereocenters. The molecule has 3 aromatic rings. The fourth-order valence-corrected chi connectivity index (χ4v) is 2.88. The van der Waals surface area contributed by atoms with E-state index < -0.39 is 0 Å². The van der Waals surface area contributed by atoms with Crippen molar-refractivity contribution in [2.24, 2.45) is 7.05 Å². The summed E-state index contributed by atoms with van der Waals surface area (Å²) in [5.74, 6) is 1.69. The van der Waals surface area contributed by atoms with Crippen molar-refractivity contribution in [2.45, 2.75) is 6.54 Å². The zero-order chi connectivity index (χ0) is 16.2. The lowest BCUT2D eigenvalue weighted by Crippen LogP contribution is -2.05. The molecule has 0 aliphatic carbocycles. The van der Waals surface area contributed by atoms with Gasteiger partial charge in [0, 0.05) is 23.6 Å². The van der Waals surface area contributed by atoms with Crippen LogP contribution in [0.15, 0.2) is 59.2 Å². The van der Waals surface area contributed by atoms with Gasteiger partial charge in [0.15, 0.2) is 0 Å². The zero-order valence-corrected chi connectivity index (χ0v) is 14.7. The molecule has 0 aliphatic rings. The van der Waals surface area contributed by atoms with Gasteiger partial charge in [0.05, 0.1) is 19.0 Å². The van der Waals surface area contributed by atoms with Crippen molar-refractivity contribution >= 4 is 21.9 Å². The molecule has 0 radical (unpaired) electrons. The molecule has 2 aromatic carbocycles. The quantitative estimate of drug-likeness (QED) is 0.718. The summed E-state index contributed by atoms with van der Waals surface area (Å²) in [5, 5.41) is 3.38. The fourth-order valence-electron chi connectivity index (χ4n) is 2.43. The first-order valence-electron chi connectivity index (χ1n) is 7.32. The Morgan fingerprint density at radius 2 is 1.96 bits per heavy atom. The standard InChI is InChI=1S/C18H18BrN3O/c1-22-17(14-6-8-16(23-2)9-7-14)12-21-18(22)20-11-13-4-3-5-15(19)10-13/h3-10,12H,11H2,1-2H3,(H,20,21). The molecule has 5 heteroatoms. The molecule has 0 spiro atoms. The summed E-state index contributed by atoms with van der Waals surface area (Å²) < 4.78 is 8.33. The first kappa shape index (κ1) is 15.6. The van der Waals surface area contributed by atoms with Crippen molar-refractivity contribution in [1.82, 2.24) is 9.55 Å². The van der Waals surface area contributed by atoms with E-state index in [-0.39, 0.29) is 0 Å². The van der Waals surface area contributed by atoms with Crippen LogP contribution in [0.5, 0.6) is 5.75 Å². The summed E-state index contributed by atoms with van der Waals surface area (Å²) in [6, 6.07) is 16.2. The summed E-state index contributed by atoms with van der Waals surface area (Å²) >= 11 is 3.49. The average Bonchev–Trinajstić information content (AvgIpc) is 2.94. The molecule has 3 rings (SSSR count). The number of hydrogen-bond donors (Lipinski definition) is 1. The molecule has 0 fully saturated rings. The number of anilines is 1. The minimum Gasteiger partial charge on any atom is -0.497 e. The summed E-state index contributed by atoms with van der Waals surface area (Å²) in [6.45, 7) is 0.729. The minimum atomic E-state index is 0.729. The van der Waals surface area contributed by atoms with E-state index in [1.807, 2.05) is 49.6 Å². The second kappa shape index (κ2) is 6.87. The number of nitrogens with one attached hydrogen (secondary N) is 1. The molecule has 23 heavy (non-hydrogen) atoms. The molecule has 0 aliphatic heterocycles. The Morgan fingerprint density at radius 3 is 2.65 bits per heavy atom. The van der Waals surface area contributed by atoms with Gasteiger partial charge in [-0.2, -0.15) is 0 Å². The highest BCUT2D eigenvalue weighted by Crippen LogP contribution is 2.24. The van der Waals surface area contributed by atoms with Gasteiger partial charge < -0.3 is 14.6 Å². The van der Waals surface area contributed by atoms with Gasteiger partial charge in [-0.15, -0.1) is 0 Å². The lowest BCUT2D eigenvalue weighted by Gasteiger charge is -2.09. The number of nitrogens with zero attached hydrogens (tertiary/aromatic N) is 2. The molecular formula is C18H18BrN3O. The predicted molar refractivity (Wildman–Crippen MR) is 96.7 cm³/mol. The Morgan fingerprint density at radius 1 is 1.17 bits per heavy atom. The summed E-state index contributed by atoms with van der Waals surface area (Å²) in [4.78, 5) is 4.48. The second-order valence-corrected chi connectivity index (χ2v) is 6.15. The number of rotatable bonds is 5. The maximum atomic E-state index is 5.20. The van der Waals surface area contributed by atoms with Crippen molar-refractivity contribution in [3.05, 3.63) is 64.8 Å². The number of imidazole rings is 1. The molecule has 118 valence electrons. The van der Waals surface area contributed by atoms with Crippen LogP contribution >= 0.6 is 15.9 Å². The van der Waals surface area contributed by atoms with Gasteiger partial charge in [-0.05, 0) is 42.0 Å². The van der Waals surface area contributed by atoms with Gasteiger partial charge in [-0.25, -0.2) is 4.98 Å². The SMILES string of the molecule is COc1ccc(-c2cnc(NCc3cccc(Br)c3)n2C)cc1. The molecule has 0 saturated carbocycles. The van der Waals surface area contributed by atoms with Gasteiger partial charge in [0.25, 0.3) is 0 Å². The van der Waals surface area contributed by atoms with Crippen LogP contribution in [0.2, 0.25) is 0 Å². The van der Waals surface area contributed by atoms with Crippen LogP contribution < -0.4 is 10.1 Å². The normalized spacial score (nSPS) is 10.6. The third-order valence-corrected chi connectivity index (χ3v) is 4.21. The van der Waals surface area contributed by atoms with Crippen LogP contribution in [0.3, 0.4) is 0 Å². The average molecular weight is 372 g/mol. The Bertz CT molecular complexity index is 796. The number of benzene rings is 2. The van der Waals surface area contributed by atoms with Crippen LogP contribution in [-0.2, 0) is 13.6 Å². The third-order valence-electron chi connectivity index (χ3n) is 3.71. The lowest BCUT2D eigenvalue weighted by molar-refractivity contribution is 0.415.